The van der Waals surface area contributed by atoms with Gasteiger partial charge in [0, 0.05) is 6.61 Å². The minimum Gasteiger partial charge on any atom is -0.379 e. The van der Waals surface area contributed by atoms with E-state index in [2.05, 4.69) is 11.1 Å². The van der Waals surface area contributed by atoms with E-state index in [1.165, 1.54) is 32.1 Å². The molecule has 0 fully saturated rings. The van der Waals surface area contributed by atoms with Gasteiger partial charge in [-0.3, -0.25) is 4.55 Å². The molecule has 0 heterocycles. The number of hydrogen-bond donors (Lipinski definition) is 1. The first-order valence-electron chi connectivity index (χ1n) is 7.80. The fraction of sp³-hybridized carbons (Fsp3) is 1.00. The van der Waals surface area contributed by atoms with E-state index in [1.807, 2.05) is 0 Å². The molecule has 0 saturated heterocycles. The highest BCUT2D eigenvalue weighted by molar-refractivity contribution is 7.80. The lowest BCUT2D eigenvalue weighted by molar-refractivity contribution is 0.00900. The molecule has 0 aliphatic rings. The maximum atomic E-state index is 10.6. The van der Waals surface area contributed by atoms with Gasteiger partial charge in [-0.15, -0.1) is 0 Å². The first-order valence-corrected chi connectivity index (χ1v) is 9.17. The summed E-state index contributed by atoms with van der Waals surface area (Å²) in [6.07, 6.45) is 7.17. The van der Waals surface area contributed by atoms with Crippen LogP contribution in [0.2, 0.25) is 0 Å². The molecule has 0 radical (unpaired) electrons. The maximum absolute atomic E-state index is 10.6. The van der Waals surface area contributed by atoms with Crippen molar-refractivity contribution in [3.8, 4) is 0 Å². The van der Waals surface area contributed by atoms with Crippen molar-refractivity contribution in [3.05, 3.63) is 0 Å². The van der Waals surface area contributed by atoms with E-state index < -0.39 is 16.5 Å². The van der Waals surface area contributed by atoms with Crippen LogP contribution in [-0.4, -0.2) is 45.5 Å². The van der Waals surface area contributed by atoms with Crippen LogP contribution in [0, 0.1) is 0 Å². The molecule has 128 valence electrons. The van der Waals surface area contributed by atoms with Crippen LogP contribution in [0.5, 0.6) is 0 Å². The second-order valence-electron chi connectivity index (χ2n) is 5.01. The van der Waals surface area contributed by atoms with Crippen molar-refractivity contribution in [1.29, 1.82) is 0 Å². The molecular formula is C14H30O6S. The van der Waals surface area contributed by atoms with Crippen LogP contribution in [0.15, 0.2) is 0 Å². The van der Waals surface area contributed by atoms with Crippen LogP contribution in [0.1, 0.15) is 58.8 Å². The Balaban J connectivity index is 3.35. The van der Waals surface area contributed by atoms with Crippen molar-refractivity contribution in [2.24, 2.45) is 0 Å². The highest BCUT2D eigenvalue weighted by Crippen LogP contribution is 2.05. The van der Waals surface area contributed by atoms with Crippen LogP contribution >= 0.6 is 0 Å². The van der Waals surface area contributed by atoms with Gasteiger partial charge in [0.05, 0.1) is 19.8 Å². The molecule has 0 aromatic carbocycles. The van der Waals surface area contributed by atoms with Crippen LogP contribution in [0.25, 0.3) is 0 Å². The Hall–Kier alpha value is -0.210. The van der Waals surface area contributed by atoms with E-state index >= 15 is 0 Å². The molecule has 0 aromatic heterocycles. The first-order chi connectivity index (χ1) is 9.99. The maximum Gasteiger partial charge on any atom is 0.397 e. The second-order valence-corrected chi connectivity index (χ2v) is 6.06. The van der Waals surface area contributed by atoms with Gasteiger partial charge >= 0.3 is 10.4 Å². The van der Waals surface area contributed by atoms with Gasteiger partial charge in [-0.05, 0) is 12.8 Å². The van der Waals surface area contributed by atoms with Gasteiger partial charge in [-0.25, -0.2) is 4.18 Å². The third kappa shape index (κ3) is 16.0. The van der Waals surface area contributed by atoms with Crippen molar-refractivity contribution in [2.45, 2.75) is 64.9 Å². The normalized spacial score (nSPS) is 13.5. The smallest absolute Gasteiger partial charge is 0.379 e. The molecule has 0 saturated carbocycles. The molecule has 0 rings (SSSR count). The lowest BCUT2D eigenvalue weighted by Gasteiger charge is -2.13. The standard InChI is InChI=1S/C14H30O6S/c1-3-5-6-7-8-9-10-18-11-12-19-13-14(4-2)20-21(15,16)17/h14H,3-13H2,1-2H3,(H,15,16,17). The minimum atomic E-state index is -4.41. The van der Waals surface area contributed by atoms with Crippen molar-refractivity contribution in [3.63, 3.8) is 0 Å². The summed E-state index contributed by atoms with van der Waals surface area (Å²) in [7, 11) is -4.41. The highest BCUT2D eigenvalue weighted by atomic mass is 32.3. The highest BCUT2D eigenvalue weighted by Gasteiger charge is 2.15. The van der Waals surface area contributed by atoms with Crippen LogP contribution in [0.3, 0.4) is 0 Å². The Morgan fingerprint density at radius 2 is 1.52 bits per heavy atom. The molecule has 0 aromatic rings. The predicted molar refractivity (Wildman–Crippen MR) is 81.7 cm³/mol. The largest absolute Gasteiger partial charge is 0.397 e. The summed E-state index contributed by atoms with van der Waals surface area (Å²) in [5.74, 6) is 0. The predicted octanol–water partition coefficient (Wildman–Crippen LogP) is 2.98. The Morgan fingerprint density at radius 3 is 2.14 bits per heavy atom. The lowest BCUT2D eigenvalue weighted by Crippen LogP contribution is -2.23. The Labute approximate surface area is 129 Å². The molecule has 1 unspecified atom stereocenters. The Morgan fingerprint density at radius 1 is 0.905 bits per heavy atom. The van der Waals surface area contributed by atoms with E-state index in [-0.39, 0.29) is 6.61 Å². The third-order valence-corrected chi connectivity index (χ3v) is 3.55. The summed E-state index contributed by atoms with van der Waals surface area (Å²) in [4.78, 5) is 0. The topological polar surface area (TPSA) is 82.1 Å². The lowest BCUT2D eigenvalue weighted by atomic mass is 10.1. The Kier molecular flexibility index (Phi) is 13.3. The quantitative estimate of drug-likeness (QED) is 0.368. The van der Waals surface area contributed by atoms with E-state index in [1.54, 1.807) is 6.92 Å². The molecule has 1 atom stereocenters. The number of ether oxygens (including phenoxy) is 2. The van der Waals surface area contributed by atoms with Gasteiger partial charge < -0.3 is 9.47 Å². The zero-order chi connectivity index (χ0) is 16.0. The average Bonchev–Trinajstić information content (AvgIpc) is 2.42. The van der Waals surface area contributed by atoms with Crippen molar-refractivity contribution in [1.82, 2.24) is 0 Å². The molecule has 6 nitrogen and oxygen atoms in total. The van der Waals surface area contributed by atoms with Crippen molar-refractivity contribution >= 4 is 10.4 Å². The molecule has 0 bridgehead atoms. The zero-order valence-electron chi connectivity index (χ0n) is 13.3. The number of unbranched alkanes of at least 4 members (excludes halogenated alkanes) is 5. The van der Waals surface area contributed by atoms with Crippen molar-refractivity contribution < 1.29 is 26.6 Å². The number of rotatable bonds is 15. The number of hydrogen-bond acceptors (Lipinski definition) is 5. The molecule has 0 amide bonds. The summed E-state index contributed by atoms with van der Waals surface area (Å²) in [6, 6.07) is 0. The average molecular weight is 326 g/mol. The van der Waals surface area contributed by atoms with E-state index in [0.29, 0.717) is 19.6 Å². The van der Waals surface area contributed by atoms with Crippen LogP contribution < -0.4 is 0 Å². The molecule has 0 spiro atoms. The molecule has 21 heavy (non-hydrogen) atoms. The summed E-state index contributed by atoms with van der Waals surface area (Å²) >= 11 is 0. The van der Waals surface area contributed by atoms with Crippen LogP contribution in [0.4, 0.5) is 0 Å². The molecule has 1 N–H and O–H groups in total. The van der Waals surface area contributed by atoms with Gasteiger partial charge in [0.25, 0.3) is 0 Å². The summed E-state index contributed by atoms with van der Waals surface area (Å²) in [6.45, 7) is 5.69. The van der Waals surface area contributed by atoms with E-state index in [0.717, 1.165) is 13.0 Å². The molecule has 0 aliphatic heterocycles. The zero-order valence-corrected chi connectivity index (χ0v) is 14.1. The third-order valence-electron chi connectivity index (χ3n) is 3.03. The van der Waals surface area contributed by atoms with Gasteiger partial charge in [0.15, 0.2) is 0 Å². The van der Waals surface area contributed by atoms with Gasteiger partial charge in [0.2, 0.25) is 0 Å². The minimum absolute atomic E-state index is 0.122. The second kappa shape index (κ2) is 13.5. The summed E-state index contributed by atoms with van der Waals surface area (Å²) in [5, 5.41) is 0. The molecular weight excluding hydrogens is 296 g/mol. The SMILES string of the molecule is CCCCCCCCOCCOCC(CC)OS(=O)(=O)O. The summed E-state index contributed by atoms with van der Waals surface area (Å²) < 4.78 is 44.8. The van der Waals surface area contributed by atoms with Gasteiger partial charge in [-0.2, -0.15) is 8.42 Å². The monoisotopic (exact) mass is 326 g/mol. The van der Waals surface area contributed by atoms with Crippen LogP contribution in [-0.2, 0) is 24.1 Å². The molecule has 0 aliphatic carbocycles. The first kappa shape index (κ1) is 20.8. The summed E-state index contributed by atoms with van der Waals surface area (Å²) in [5.41, 5.74) is 0. The van der Waals surface area contributed by atoms with E-state index in [4.69, 9.17) is 14.0 Å². The molecule has 7 heteroatoms. The Bertz CT molecular complexity index is 317. The fourth-order valence-electron chi connectivity index (χ4n) is 1.80. The van der Waals surface area contributed by atoms with Gasteiger partial charge in [-0.1, -0.05) is 46.0 Å². The van der Waals surface area contributed by atoms with Crippen molar-refractivity contribution in [2.75, 3.05) is 26.4 Å². The van der Waals surface area contributed by atoms with E-state index in [9.17, 15) is 8.42 Å². The fourth-order valence-corrected chi connectivity index (χ4v) is 2.34. The van der Waals surface area contributed by atoms with Gasteiger partial charge in [0.1, 0.15) is 6.10 Å².